The minimum absolute atomic E-state index is 0.133. The number of carbonyl (C=O) groups excluding carboxylic acids is 1. The summed E-state index contributed by atoms with van der Waals surface area (Å²) < 4.78 is 0. The highest BCUT2D eigenvalue weighted by Crippen LogP contribution is 2.26. The minimum atomic E-state index is -0.236. The maximum Gasteiger partial charge on any atom is 0.220 e. The van der Waals surface area contributed by atoms with E-state index < -0.39 is 0 Å². The summed E-state index contributed by atoms with van der Waals surface area (Å²) >= 11 is 0. The molecule has 0 aromatic carbocycles. The lowest BCUT2D eigenvalue weighted by Gasteiger charge is -2.30. The van der Waals surface area contributed by atoms with Crippen molar-refractivity contribution in [3.05, 3.63) is 0 Å². The molecule has 0 heterocycles. The van der Waals surface area contributed by atoms with Crippen LogP contribution in [0.1, 0.15) is 65.2 Å². The van der Waals surface area contributed by atoms with Crippen LogP contribution in [-0.4, -0.2) is 23.2 Å². The maximum atomic E-state index is 12.0. The van der Waals surface area contributed by atoms with E-state index in [0.29, 0.717) is 18.8 Å². The lowest BCUT2D eigenvalue weighted by molar-refractivity contribution is -0.124. The summed E-state index contributed by atoms with van der Waals surface area (Å²) in [6, 6.07) is 0. The smallest absolute Gasteiger partial charge is 0.220 e. The normalized spacial score (nSPS) is 20.9. The van der Waals surface area contributed by atoms with Gasteiger partial charge >= 0.3 is 0 Å². The second-order valence-corrected chi connectivity index (χ2v) is 5.64. The van der Waals surface area contributed by atoms with Crippen molar-refractivity contribution in [1.29, 1.82) is 0 Å². The summed E-state index contributed by atoms with van der Waals surface area (Å²) in [5, 5.41) is 12.1. The van der Waals surface area contributed by atoms with Crippen LogP contribution in [0.5, 0.6) is 0 Å². The van der Waals surface area contributed by atoms with E-state index in [2.05, 4.69) is 12.2 Å². The highest BCUT2D eigenvalue weighted by Gasteiger charge is 2.25. The van der Waals surface area contributed by atoms with Gasteiger partial charge in [-0.3, -0.25) is 4.79 Å². The molecule has 0 saturated heterocycles. The van der Waals surface area contributed by atoms with E-state index in [1.165, 1.54) is 32.1 Å². The molecular weight excluding hydrogens is 214 g/mol. The molecule has 1 aliphatic carbocycles. The minimum Gasteiger partial charge on any atom is -0.396 e. The Morgan fingerprint density at radius 2 is 2.00 bits per heavy atom. The summed E-state index contributed by atoms with van der Waals surface area (Å²) in [6.45, 7) is 4.20. The largest absolute Gasteiger partial charge is 0.396 e. The third-order valence-corrected chi connectivity index (χ3v) is 4.08. The van der Waals surface area contributed by atoms with Crippen LogP contribution in [0.4, 0.5) is 0 Å². The average Bonchev–Trinajstić information content (AvgIpc) is 2.30. The Bertz CT molecular complexity index is 236. The fourth-order valence-corrected chi connectivity index (χ4v) is 2.62. The number of amides is 1. The van der Waals surface area contributed by atoms with Crippen molar-refractivity contribution in [1.82, 2.24) is 5.32 Å². The van der Waals surface area contributed by atoms with Crippen molar-refractivity contribution in [2.24, 2.45) is 5.92 Å². The fourth-order valence-electron chi connectivity index (χ4n) is 2.62. The molecule has 1 fully saturated rings. The summed E-state index contributed by atoms with van der Waals surface area (Å²) in [4.78, 5) is 12.0. The fraction of sp³-hybridized carbons (Fsp3) is 0.929. The van der Waals surface area contributed by atoms with Gasteiger partial charge < -0.3 is 10.4 Å². The van der Waals surface area contributed by atoms with Crippen LogP contribution in [-0.2, 0) is 4.79 Å². The number of aliphatic hydroxyl groups is 1. The molecule has 1 atom stereocenters. The van der Waals surface area contributed by atoms with Gasteiger partial charge in [-0.2, -0.15) is 0 Å². The SMILES string of the molecule is CCC(C)(CCO)NC(=O)CC1CCCCC1. The number of hydrogen-bond acceptors (Lipinski definition) is 2. The summed E-state index contributed by atoms with van der Waals surface area (Å²) in [6.07, 6.45) is 8.46. The molecule has 0 aliphatic heterocycles. The standard InChI is InChI=1S/C14H27NO2/c1-3-14(2,9-10-16)15-13(17)11-12-7-5-4-6-8-12/h12,16H,3-11H2,1-2H3,(H,15,17). The van der Waals surface area contributed by atoms with E-state index in [9.17, 15) is 4.79 Å². The molecule has 3 heteroatoms. The molecule has 1 rings (SSSR count). The molecule has 17 heavy (non-hydrogen) atoms. The van der Waals surface area contributed by atoms with Gasteiger partial charge in [-0.25, -0.2) is 0 Å². The summed E-state index contributed by atoms with van der Waals surface area (Å²) in [5.41, 5.74) is -0.236. The summed E-state index contributed by atoms with van der Waals surface area (Å²) in [5.74, 6) is 0.744. The van der Waals surface area contributed by atoms with Gasteiger partial charge in [0.2, 0.25) is 5.91 Å². The van der Waals surface area contributed by atoms with Crippen molar-refractivity contribution >= 4 is 5.91 Å². The van der Waals surface area contributed by atoms with Crippen molar-refractivity contribution in [2.75, 3.05) is 6.61 Å². The monoisotopic (exact) mass is 241 g/mol. The van der Waals surface area contributed by atoms with Crippen LogP contribution in [0.25, 0.3) is 0 Å². The molecule has 1 unspecified atom stereocenters. The molecule has 0 bridgehead atoms. The van der Waals surface area contributed by atoms with Gasteiger partial charge in [0.05, 0.1) is 0 Å². The molecule has 3 nitrogen and oxygen atoms in total. The lowest BCUT2D eigenvalue weighted by atomic mass is 9.86. The van der Waals surface area contributed by atoms with E-state index in [4.69, 9.17) is 5.11 Å². The lowest BCUT2D eigenvalue weighted by Crippen LogP contribution is -2.46. The van der Waals surface area contributed by atoms with Crippen molar-refractivity contribution < 1.29 is 9.90 Å². The molecule has 0 radical (unpaired) electrons. The number of rotatable bonds is 6. The van der Waals surface area contributed by atoms with Crippen molar-refractivity contribution in [2.45, 2.75) is 70.8 Å². The predicted octanol–water partition coefficient (Wildman–Crippen LogP) is 2.62. The highest BCUT2D eigenvalue weighted by atomic mass is 16.3. The Labute approximate surface area is 105 Å². The first-order chi connectivity index (χ1) is 8.09. The Kier molecular flexibility index (Phi) is 5.96. The molecule has 0 aromatic heterocycles. The Morgan fingerprint density at radius 1 is 1.35 bits per heavy atom. The van der Waals surface area contributed by atoms with Crippen LogP contribution in [0, 0.1) is 5.92 Å². The second-order valence-electron chi connectivity index (χ2n) is 5.64. The van der Waals surface area contributed by atoms with Gasteiger partial charge in [-0.1, -0.05) is 26.2 Å². The van der Waals surface area contributed by atoms with Crippen molar-refractivity contribution in [3.8, 4) is 0 Å². The highest BCUT2D eigenvalue weighted by molar-refractivity contribution is 5.77. The molecule has 2 N–H and O–H groups in total. The Morgan fingerprint density at radius 3 is 2.53 bits per heavy atom. The first-order valence-electron chi connectivity index (χ1n) is 7.01. The van der Waals surface area contributed by atoms with Crippen molar-refractivity contribution in [3.63, 3.8) is 0 Å². The zero-order chi connectivity index (χ0) is 12.7. The van der Waals surface area contributed by atoms with Gasteiger partial charge in [-0.15, -0.1) is 0 Å². The Balaban J connectivity index is 2.36. The first-order valence-corrected chi connectivity index (χ1v) is 7.01. The molecular formula is C14H27NO2. The van der Waals surface area contributed by atoms with Gasteiger partial charge in [0, 0.05) is 18.6 Å². The number of hydrogen-bond donors (Lipinski definition) is 2. The van der Waals surface area contributed by atoms with Gasteiger partial charge in [0.25, 0.3) is 0 Å². The quantitative estimate of drug-likeness (QED) is 0.751. The number of nitrogens with one attached hydrogen (secondary N) is 1. The van der Waals surface area contributed by atoms with Crippen LogP contribution in [0.15, 0.2) is 0 Å². The Hall–Kier alpha value is -0.570. The van der Waals surface area contributed by atoms with Crippen LogP contribution in [0.2, 0.25) is 0 Å². The molecule has 0 aromatic rings. The van der Waals surface area contributed by atoms with E-state index in [1.54, 1.807) is 0 Å². The topological polar surface area (TPSA) is 49.3 Å². The zero-order valence-electron chi connectivity index (χ0n) is 11.3. The molecule has 1 aliphatic rings. The van der Waals surface area contributed by atoms with E-state index in [-0.39, 0.29) is 18.1 Å². The predicted molar refractivity (Wildman–Crippen MR) is 69.7 cm³/mol. The van der Waals surface area contributed by atoms with Crippen LogP contribution >= 0.6 is 0 Å². The maximum absolute atomic E-state index is 12.0. The third kappa shape index (κ3) is 5.07. The van der Waals surface area contributed by atoms with Gasteiger partial charge in [-0.05, 0) is 38.5 Å². The van der Waals surface area contributed by atoms with Crippen LogP contribution < -0.4 is 5.32 Å². The third-order valence-electron chi connectivity index (χ3n) is 4.08. The number of carbonyl (C=O) groups is 1. The van der Waals surface area contributed by atoms with Gasteiger partial charge in [0.1, 0.15) is 0 Å². The summed E-state index contributed by atoms with van der Waals surface area (Å²) in [7, 11) is 0. The van der Waals surface area contributed by atoms with E-state index in [1.807, 2.05) is 6.92 Å². The average molecular weight is 241 g/mol. The molecule has 1 amide bonds. The number of aliphatic hydroxyl groups excluding tert-OH is 1. The first kappa shape index (κ1) is 14.5. The van der Waals surface area contributed by atoms with Crippen LogP contribution in [0.3, 0.4) is 0 Å². The molecule has 0 spiro atoms. The second kappa shape index (κ2) is 7.00. The van der Waals surface area contributed by atoms with E-state index >= 15 is 0 Å². The van der Waals surface area contributed by atoms with E-state index in [0.717, 1.165) is 6.42 Å². The molecule has 1 saturated carbocycles. The van der Waals surface area contributed by atoms with Gasteiger partial charge in [0.15, 0.2) is 0 Å². The molecule has 100 valence electrons. The zero-order valence-corrected chi connectivity index (χ0v) is 11.3.